The molecule has 4 rings (SSSR count). The zero-order valence-corrected chi connectivity index (χ0v) is 24.3. The van der Waals surface area contributed by atoms with E-state index in [-0.39, 0.29) is 31.6 Å². The topological polar surface area (TPSA) is 83.9 Å². The third-order valence-corrected chi connectivity index (χ3v) is 11.2. The van der Waals surface area contributed by atoms with Crippen LogP contribution in [0, 0.1) is 23.5 Å². The second-order valence-corrected chi connectivity index (χ2v) is 13.4. The number of hydrogen-bond donors (Lipinski definition) is 1. The van der Waals surface area contributed by atoms with E-state index >= 15 is 4.39 Å². The van der Waals surface area contributed by atoms with Gasteiger partial charge in [-0.05, 0) is 80.8 Å². The van der Waals surface area contributed by atoms with Crippen molar-refractivity contribution >= 4 is 15.7 Å². The monoisotopic (exact) mass is 657 g/mol. The normalized spacial score (nSPS) is 23.6. The predicted octanol–water partition coefficient (Wildman–Crippen LogP) is 6.02. The quantitative estimate of drug-likeness (QED) is 0.277. The third-order valence-electron chi connectivity index (χ3n) is 8.67. The molecule has 1 N–H and O–H groups in total. The number of rotatable bonds is 8. The first-order valence-corrected chi connectivity index (χ1v) is 15.4. The summed E-state index contributed by atoms with van der Waals surface area (Å²) < 4.78 is 144. The van der Waals surface area contributed by atoms with Crippen molar-refractivity contribution in [1.82, 2.24) is 4.90 Å². The lowest BCUT2D eigenvalue weighted by Crippen LogP contribution is -2.56. The van der Waals surface area contributed by atoms with Crippen molar-refractivity contribution in [2.45, 2.75) is 66.6 Å². The number of ether oxygens (including phenoxy) is 1. The molecule has 2 aliphatic rings. The lowest BCUT2D eigenvalue weighted by atomic mass is 9.82. The second kappa shape index (κ2) is 12.2. The van der Waals surface area contributed by atoms with Gasteiger partial charge in [0.2, 0.25) is 5.91 Å². The van der Waals surface area contributed by atoms with Gasteiger partial charge in [-0.2, -0.15) is 26.3 Å². The molecule has 1 heterocycles. The largest absolute Gasteiger partial charge is 0.430 e. The number of amides is 1. The van der Waals surface area contributed by atoms with Crippen LogP contribution in [0.15, 0.2) is 47.4 Å². The van der Waals surface area contributed by atoms with Crippen molar-refractivity contribution in [2.75, 3.05) is 26.3 Å². The molecular formula is C29H31F8NO5S. The van der Waals surface area contributed by atoms with Gasteiger partial charge in [-0.25, -0.2) is 17.2 Å². The number of likely N-dealkylation sites (tertiary alicyclic amines) is 1. The van der Waals surface area contributed by atoms with Gasteiger partial charge < -0.3 is 14.7 Å². The van der Waals surface area contributed by atoms with Gasteiger partial charge >= 0.3 is 12.4 Å². The fraction of sp³-hybridized carbons (Fsp3) is 0.552. The van der Waals surface area contributed by atoms with Gasteiger partial charge in [0.1, 0.15) is 16.4 Å². The Morgan fingerprint density at radius 3 is 2.07 bits per heavy atom. The third kappa shape index (κ3) is 5.70. The highest BCUT2D eigenvalue weighted by Gasteiger charge is 2.74. The molecule has 44 heavy (non-hydrogen) atoms. The first kappa shape index (κ1) is 34.1. The van der Waals surface area contributed by atoms with Gasteiger partial charge in [-0.1, -0.05) is 12.1 Å². The molecule has 6 nitrogen and oxygen atoms in total. The van der Waals surface area contributed by atoms with E-state index in [1.807, 2.05) is 0 Å². The molecule has 244 valence electrons. The number of hydrogen-bond acceptors (Lipinski definition) is 5. The Kier molecular flexibility index (Phi) is 9.45. The maximum Gasteiger partial charge on any atom is 0.430 e. The Morgan fingerprint density at radius 1 is 0.977 bits per heavy atom. The Morgan fingerprint density at radius 2 is 1.57 bits per heavy atom. The summed E-state index contributed by atoms with van der Waals surface area (Å²) in [4.78, 5) is 14.3. The van der Waals surface area contributed by atoms with Crippen LogP contribution in [0.1, 0.15) is 50.2 Å². The Hall–Kier alpha value is -2.78. The number of carbonyl (C=O) groups excluding carboxylic acids is 1. The summed E-state index contributed by atoms with van der Waals surface area (Å²) in [5, 5.41) is 9.40. The highest BCUT2D eigenvalue weighted by molar-refractivity contribution is 7.92. The fourth-order valence-electron chi connectivity index (χ4n) is 6.28. The number of aliphatic hydroxyl groups is 1. The average molecular weight is 658 g/mol. The molecular weight excluding hydrogens is 626 g/mol. The molecule has 0 radical (unpaired) electrons. The van der Waals surface area contributed by atoms with Crippen LogP contribution in [0.25, 0.3) is 0 Å². The summed E-state index contributed by atoms with van der Waals surface area (Å²) in [6.45, 7) is -0.974. The number of sulfone groups is 1. The van der Waals surface area contributed by atoms with Crippen LogP contribution in [-0.2, 0) is 29.7 Å². The lowest BCUT2D eigenvalue weighted by molar-refractivity contribution is -0.389. The predicted molar refractivity (Wildman–Crippen MR) is 141 cm³/mol. The van der Waals surface area contributed by atoms with Crippen molar-refractivity contribution in [1.29, 1.82) is 0 Å². The van der Waals surface area contributed by atoms with E-state index in [0.717, 1.165) is 31.2 Å². The molecule has 1 amide bonds. The van der Waals surface area contributed by atoms with Crippen LogP contribution in [0.2, 0.25) is 0 Å². The molecule has 2 aromatic carbocycles. The van der Waals surface area contributed by atoms with E-state index in [4.69, 9.17) is 0 Å². The van der Waals surface area contributed by atoms with Gasteiger partial charge in [0.15, 0.2) is 9.84 Å². The summed E-state index contributed by atoms with van der Waals surface area (Å²) in [7, 11) is -4.65. The van der Waals surface area contributed by atoms with Gasteiger partial charge in [-0.3, -0.25) is 4.79 Å². The molecule has 0 bridgehead atoms. The summed E-state index contributed by atoms with van der Waals surface area (Å²) >= 11 is 0. The molecule has 0 unspecified atom stereocenters. The first-order chi connectivity index (χ1) is 20.4. The van der Waals surface area contributed by atoms with E-state index in [1.165, 1.54) is 4.90 Å². The molecule has 0 aromatic heterocycles. The maximum atomic E-state index is 15.6. The van der Waals surface area contributed by atoms with Gasteiger partial charge in [0.05, 0.1) is 4.90 Å². The van der Waals surface area contributed by atoms with E-state index in [0.29, 0.717) is 37.8 Å². The summed E-state index contributed by atoms with van der Waals surface area (Å²) in [5.74, 6) is -3.66. The number of aliphatic hydroxyl groups excluding tert-OH is 1. The lowest BCUT2D eigenvalue weighted by Gasteiger charge is -2.38. The standard InChI is InChI=1S/C29H31F8NO5S/c1-2-43-27(28(32,33)34,29(35,36)37)23-12-7-20(15-24(23)31)26(44(41,42)22-10-8-21(30)9-11-22)13-14-38(17-26)25(40)19-5-3-18(16-39)4-6-19/h7-12,15,18-19,39H,2-6,13-14,16-17H2,1H3/t18?,19?,26-/m0/s1. The van der Waals surface area contributed by atoms with Gasteiger partial charge in [-0.15, -0.1) is 0 Å². The molecule has 0 spiro atoms. The fourth-order valence-corrected chi connectivity index (χ4v) is 8.35. The van der Waals surface area contributed by atoms with Crippen LogP contribution in [0.4, 0.5) is 35.1 Å². The van der Waals surface area contributed by atoms with Crippen molar-refractivity contribution in [2.24, 2.45) is 11.8 Å². The molecule has 15 heteroatoms. The maximum absolute atomic E-state index is 15.6. The van der Waals surface area contributed by atoms with E-state index in [9.17, 15) is 49.1 Å². The minimum absolute atomic E-state index is 0.0225. The van der Waals surface area contributed by atoms with Crippen LogP contribution >= 0.6 is 0 Å². The number of nitrogens with zero attached hydrogens (tertiary/aromatic N) is 1. The number of alkyl halides is 6. The Bertz CT molecular complexity index is 1440. The zero-order valence-electron chi connectivity index (χ0n) is 23.5. The van der Waals surface area contributed by atoms with Crippen LogP contribution in [0.5, 0.6) is 0 Å². The van der Waals surface area contributed by atoms with Crippen LogP contribution in [-0.4, -0.2) is 63.0 Å². The molecule has 1 saturated carbocycles. The van der Waals surface area contributed by atoms with Gasteiger partial charge in [0.25, 0.3) is 5.60 Å². The minimum Gasteiger partial charge on any atom is -0.396 e. The average Bonchev–Trinajstić information content (AvgIpc) is 3.42. The SMILES string of the molecule is CCOC(c1ccc([C@]2(S(=O)(=O)c3ccc(F)cc3)CCN(C(=O)C3CCC(CO)CC3)C2)cc1F)(C(F)(F)F)C(F)(F)F. The Labute approximate surface area is 248 Å². The molecule has 1 aliphatic carbocycles. The van der Waals surface area contributed by atoms with Gasteiger partial charge in [0, 0.05) is 37.8 Å². The highest BCUT2D eigenvalue weighted by Crippen LogP contribution is 2.54. The Balaban J connectivity index is 1.83. The highest BCUT2D eigenvalue weighted by atomic mass is 32.2. The number of benzene rings is 2. The van der Waals surface area contributed by atoms with Crippen LogP contribution < -0.4 is 0 Å². The number of carbonyl (C=O) groups is 1. The van der Waals surface area contributed by atoms with Crippen molar-refractivity contribution in [3.8, 4) is 0 Å². The second-order valence-electron chi connectivity index (χ2n) is 11.2. The minimum atomic E-state index is -6.15. The summed E-state index contributed by atoms with van der Waals surface area (Å²) in [6.07, 6.45) is -10.7. The first-order valence-electron chi connectivity index (χ1n) is 13.9. The smallest absolute Gasteiger partial charge is 0.396 e. The van der Waals surface area contributed by atoms with Crippen molar-refractivity contribution in [3.05, 3.63) is 65.2 Å². The van der Waals surface area contributed by atoms with Crippen molar-refractivity contribution < 1.29 is 58.2 Å². The van der Waals surface area contributed by atoms with E-state index in [1.54, 1.807) is 0 Å². The number of halogens is 8. The van der Waals surface area contributed by atoms with E-state index < -0.39 is 85.2 Å². The van der Waals surface area contributed by atoms with Crippen molar-refractivity contribution in [3.63, 3.8) is 0 Å². The molecule has 2 aromatic rings. The molecule has 1 aliphatic heterocycles. The molecule has 1 saturated heterocycles. The van der Waals surface area contributed by atoms with Crippen LogP contribution in [0.3, 0.4) is 0 Å². The molecule has 1 atom stereocenters. The molecule has 2 fully saturated rings. The summed E-state index contributed by atoms with van der Waals surface area (Å²) in [5.41, 5.74) is -7.41. The van der Waals surface area contributed by atoms with E-state index in [2.05, 4.69) is 4.74 Å². The summed E-state index contributed by atoms with van der Waals surface area (Å²) in [6, 6.07) is 4.77. The zero-order chi connectivity index (χ0) is 32.7.